The lowest BCUT2D eigenvalue weighted by atomic mass is 9.83. The molecule has 0 unspecified atom stereocenters. The standard InChI is InChI=1S/C27H30N4O/c1-19-15-24(30(2)29-19)18-31(14-13-23-17-28-26-10-6-5-9-25(23)26)27(32)22-12-11-20-7-3-4-8-21(20)16-22/h3-10,15,17,22,28H,11-14,16,18H2,1-2H3/t22-/m1/s1. The second kappa shape index (κ2) is 8.65. The molecule has 32 heavy (non-hydrogen) atoms. The second-order valence-electron chi connectivity index (χ2n) is 8.98. The number of carbonyl (C=O) groups is 1. The highest BCUT2D eigenvalue weighted by atomic mass is 16.2. The molecule has 4 aromatic rings. The zero-order chi connectivity index (χ0) is 22.1. The fourth-order valence-electron chi connectivity index (χ4n) is 5.04. The van der Waals surface area contributed by atoms with E-state index >= 15 is 0 Å². The van der Waals surface area contributed by atoms with Crippen molar-refractivity contribution in [3.8, 4) is 0 Å². The molecule has 0 radical (unpaired) electrons. The van der Waals surface area contributed by atoms with Crippen LogP contribution in [0.4, 0.5) is 0 Å². The van der Waals surface area contributed by atoms with Crippen LogP contribution in [0.25, 0.3) is 10.9 Å². The summed E-state index contributed by atoms with van der Waals surface area (Å²) in [5.74, 6) is 0.306. The van der Waals surface area contributed by atoms with Crippen molar-refractivity contribution in [3.05, 3.63) is 88.9 Å². The van der Waals surface area contributed by atoms with Crippen LogP contribution in [0, 0.1) is 12.8 Å². The highest BCUT2D eigenvalue weighted by Gasteiger charge is 2.29. The van der Waals surface area contributed by atoms with E-state index in [0.29, 0.717) is 13.1 Å². The highest BCUT2D eigenvalue weighted by Crippen LogP contribution is 2.28. The van der Waals surface area contributed by atoms with Gasteiger partial charge in [0.1, 0.15) is 0 Å². The van der Waals surface area contributed by atoms with Gasteiger partial charge >= 0.3 is 0 Å². The number of nitrogens with one attached hydrogen (secondary N) is 1. The van der Waals surface area contributed by atoms with E-state index < -0.39 is 0 Å². The quantitative estimate of drug-likeness (QED) is 0.490. The average Bonchev–Trinajstić information content (AvgIpc) is 3.37. The molecule has 0 fully saturated rings. The van der Waals surface area contributed by atoms with Gasteiger partial charge in [-0.25, -0.2) is 0 Å². The molecule has 0 aliphatic heterocycles. The van der Waals surface area contributed by atoms with Gasteiger partial charge < -0.3 is 9.88 Å². The largest absolute Gasteiger partial charge is 0.361 e. The first-order valence-electron chi connectivity index (χ1n) is 11.5. The van der Waals surface area contributed by atoms with Crippen LogP contribution in [0.1, 0.15) is 34.5 Å². The molecule has 5 heteroatoms. The number of aromatic nitrogens is 3. The van der Waals surface area contributed by atoms with Gasteiger partial charge in [0.05, 0.1) is 17.9 Å². The number of fused-ring (bicyclic) bond motifs is 2. The number of benzene rings is 2. The summed E-state index contributed by atoms with van der Waals surface area (Å²) in [7, 11) is 1.96. The molecule has 1 amide bonds. The molecule has 2 aromatic heterocycles. The van der Waals surface area contributed by atoms with E-state index in [1.54, 1.807) is 0 Å². The number of rotatable bonds is 6. The Morgan fingerprint density at radius 1 is 1.16 bits per heavy atom. The van der Waals surface area contributed by atoms with E-state index in [9.17, 15) is 4.79 Å². The Kier molecular flexibility index (Phi) is 5.56. The van der Waals surface area contributed by atoms with Crippen LogP contribution >= 0.6 is 0 Å². The maximum Gasteiger partial charge on any atom is 0.226 e. The number of aryl methyl sites for hydroxylation is 3. The van der Waals surface area contributed by atoms with E-state index in [0.717, 1.165) is 42.6 Å². The third kappa shape index (κ3) is 4.07. The van der Waals surface area contributed by atoms with Gasteiger partial charge in [-0.2, -0.15) is 5.10 Å². The molecule has 164 valence electrons. The molecular weight excluding hydrogens is 396 g/mol. The molecule has 1 aliphatic carbocycles. The third-order valence-corrected chi connectivity index (χ3v) is 6.79. The van der Waals surface area contributed by atoms with Gasteiger partial charge in [0.15, 0.2) is 0 Å². The minimum atomic E-state index is 0.0437. The Bertz CT molecular complexity index is 1250. The van der Waals surface area contributed by atoms with Crippen molar-refractivity contribution in [1.82, 2.24) is 19.7 Å². The Labute approximate surface area is 189 Å². The third-order valence-electron chi connectivity index (χ3n) is 6.79. The topological polar surface area (TPSA) is 53.9 Å². The number of aromatic amines is 1. The zero-order valence-electron chi connectivity index (χ0n) is 18.8. The SMILES string of the molecule is Cc1cc(CN(CCc2c[nH]c3ccccc23)C(=O)[C@@H]2CCc3ccccc3C2)n(C)n1. The first-order valence-corrected chi connectivity index (χ1v) is 11.5. The molecule has 5 rings (SSSR count). The summed E-state index contributed by atoms with van der Waals surface area (Å²) in [6.45, 7) is 3.29. The molecule has 0 saturated carbocycles. The van der Waals surface area contributed by atoms with Crippen LogP contribution < -0.4 is 0 Å². The fraction of sp³-hybridized carbons (Fsp3) is 0.333. The van der Waals surface area contributed by atoms with Gasteiger partial charge in [0, 0.05) is 36.6 Å². The van der Waals surface area contributed by atoms with Crippen molar-refractivity contribution in [3.63, 3.8) is 0 Å². The van der Waals surface area contributed by atoms with Crippen LogP contribution in [0.15, 0.2) is 60.8 Å². The molecule has 0 spiro atoms. The Balaban J connectivity index is 1.37. The number of para-hydroxylation sites is 1. The van der Waals surface area contributed by atoms with Gasteiger partial charge in [-0.15, -0.1) is 0 Å². The molecule has 5 nitrogen and oxygen atoms in total. The summed E-state index contributed by atoms with van der Waals surface area (Å²) in [5.41, 5.74) is 7.18. The Morgan fingerprint density at radius 2 is 1.94 bits per heavy atom. The van der Waals surface area contributed by atoms with Gasteiger partial charge in [-0.05, 0) is 61.4 Å². The number of hydrogen-bond donors (Lipinski definition) is 1. The van der Waals surface area contributed by atoms with Crippen molar-refractivity contribution in [2.75, 3.05) is 6.54 Å². The van der Waals surface area contributed by atoms with Gasteiger partial charge in [0.25, 0.3) is 0 Å². The molecule has 2 heterocycles. The Morgan fingerprint density at radius 3 is 2.75 bits per heavy atom. The molecule has 1 N–H and O–H groups in total. The van der Waals surface area contributed by atoms with Crippen LogP contribution in [0.2, 0.25) is 0 Å². The number of carbonyl (C=O) groups excluding carboxylic acids is 1. The van der Waals surface area contributed by atoms with E-state index in [2.05, 4.69) is 69.7 Å². The van der Waals surface area contributed by atoms with E-state index in [4.69, 9.17) is 0 Å². The molecule has 1 aliphatic rings. The predicted molar refractivity (Wildman–Crippen MR) is 127 cm³/mol. The maximum atomic E-state index is 13.7. The van der Waals surface area contributed by atoms with Gasteiger partial charge in [-0.1, -0.05) is 42.5 Å². The molecule has 1 atom stereocenters. The summed E-state index contributed by atoms with van der Waals surface area (Å²) in [5, 5.41) is 5.73. The molecule has 2 aromatic carbocycles. The van der Waals surface area contributed by atoms with Gasteiger partial charge in [0.2, 0.25) is 5.91 Å². The smallest absolute Gasteiger partial charge is 0.226 e. The van der Waals surface area contributed by atoms with Crippen molar-refractivity contribution in [2.45, 2.75) is 39.2 Å². The molecular formula is C27H30N4O. The first kappa shape index (κ1) is 20.6. The minimum absolute atomic E-state index is 0.0437. The lowest BCUT2D eigenvalue weighted by Crippen LogP contribution is -2.39. The van der Waals surface area contributed by atoms with E-state index in [1.807, 2.05) is 24.7 Å². The Hall–Kier alpha value is -3.34. The minimum Gasteiger partial charge on any atom is -0.361 e. The van der Waals surface area contributed by atoms with Crippen molar-refractivity contribution in [1.29, 1.82) is 0 Å². The van der Waals surface area contributed by atoms with Gasteiger partial charge in [-0.3, -0.25) is 9.48 Å². The van der Waals surface area contributed by atoms with Crippen LogP contribution in [0.3, 0.4) is 0 Å². The predicted octanol–water partition coefficient (Wildman–Crippen LogP) is 4.59. The molecule has 0 saturated heterocycles. The van der Waals surface area contributed by atoms with E-state index in [1.165, 1.54) is 22.1 Å². The van der Waals surface area contributed by atoms with E-state index in [-0.39, 0.29) is 11.8 Å². The number of H-pyrrole nitrogens is 1. The number of nitrogens with zero attached hydrogens (tertiary/aromatic N) is 3. The van der Waals surface area contributed by atoms with Crippen LogP contribution in [-0.4, -0.2) is 32.1 Å². The normalized spacial score (nSPS) is 15.6. The lowest BCUT2D eigenvalue weighted by Gasteiger charge is -2.30. The first-order chi connectivity index (χ1) is 15.6. The van der Waals surface area contributed by atoms with Crippen molar-refractivity contribution >= 4 is 16.8 Å². The lowest BCUT2D eigenvalue weighted by molar-refractivity contribution is -0.136. The summed E-state index contributed by atoms with van der Waals surface area (Å²) in [4.78, 5) is 19.2. The van der Waals surface area contributed by atoms with Crippen LogP contribution in [-0.2, 0) is 37.6 Å². The fourth-order valence-corrected chi connectivity index (χ4v) is 5.04. The summed E-state index contributed by atoms with van der Waals surface area (Å²) in [6, 6.07) is 19.0. The van der Waals surface area contributed by atoms with Crippen LogP contribution in [0.5, 0.6) is 0 Å². The summed E-state index contributed by atoms with van der Waals surface area (Å²) < 4.78 is 1.90. The van der Waals surface area contributed by atoms with Crippen molar-refractivity contribution in [2.24, 2.45) is 13.0 Å². The summed E-state index contributed by atoms with van der Waals surface area (Å²) >= 11 is 0. The summed E-state index contributed by atoms with van der Waals surface area (Å²) in [6.07, 6.45) is 5.65. The monoisotopic (exact) mass is 426 g/mol. The zero-order valence-corrected chi connectivity index (χ0v) is 18.8. The van der Waals surface area contributed by atoms with Crippen molar-refractivity contribution < 1.29 is 4.79 Å². The second-order valence-corrected chi connectivity index (χ2v) is 8.98. The maximum absolute atomic E-state index is 13.7. The number of amides is 1. The average molecular weight is 427 g/mol. The number of hydrogen-bond acceptors (Lipinski definition) is 2. The molecule has 0 bridgehead atoms. The highest BCUT2D eigenvalue weighted by molar-refractivity contribution is 5.83.